The molecule has 2 aromatic heterocycles. The van der Waals surface area contributed by atoms with Gasteiger partial charge in [-0.05, 0) is 55.7 Å². The first-order valence-corrected chi connectivity index (χ1v) is 12.3. The number of hydrogen-bond donors (Lipinski definition) is 1. The van der Waals surface area contributed by atoms with E-state index in [0.717, 1.165) is 45.7 Å². The number of carbonyl (C=O) groups is 1. The number of hydrogen-bond acceptors (Lipinski definition) is 5. The topological polar surface area (TPSA) is 58.1 Å². The molecule has 5 rings (SSSR count). The minimum atomic E-state index is 0.00784. The fourth-order valence-electron chi connectivity index (χ4n) is 5.31. The van der Waals surface area contributed by atoms with Gasteiger partial charge in [0.1, 0.15) is 17.0 Å². The average Bonchev–Trinajstić information content (AvgIpc) is 3.16. The van der Waals surface area contributed by atoms with E-state index in [2.05, 4.69) is 51.5 Å². The molecule has 1 fully saturated rings. The van der Waals surface area contributed by atoms with Gasteiger partial charge in [-0.1, -0.05) is 43.5 Å². The molecule has 1 N–H and O–H groups in total. The predicted octanol–water partition coefficient (Wildman–Crippen LogP) is 5.58. The van der Waals surface area contributed by atoms with Crippen LogP contribution >= 0.6 is 11.3 Å². The molecule has 0 bridgehead atoms. The zero-order valence-electron chi connectivity index (χ0n) is 18.4. The van der Waals surface area contributed by atoms with Gasteiger partial charge in [-0.2, -0.15) is 0 Å². The summed E-state index contributed by atoms with van der Waals surface area (Å²) in [6, 6.07) is 9.08. The second-order valence-electron chi connectivity index (χ2n) is 8.95. The van der Waals surface area contributed by atoms with Gasteiger partial charge in [0.15, 0.2) is 0 Å². The van der Waals surface area contributed by atoms with E-state index >= 15 is 0 Å². The number of benzene rings is 1. The summed E-state index contributed by atoms with van der Waals surface area (Å²) in [7, 11) is 2.15. The van der Waals surface area contributed by atoms with Crippen LogP contribution in [0.4, 0.5) is 5.82 Å². The number of thiophene rings is 1. The molecule has 2 aliphatic carbocycles. The van der Waals surface area contributed by atoms with E-state index in [1.54, 1.807) is 6.33 Å². The van der Waals surface area contributed by atoms with Crippen LogP contribution in [0.15, 0.2) is 30.6 Å². The van der Waals surface area contributed by atoms with Gasteiger partial charge in [-0.3, -0.25) is 4.79 Å². The third-order valence-electron chi connectivity index (χ3n) is 7.04. The molecular formula is C25H30N4OS. The molecule has 0 saturated heterocycles. The van der Waals surface area contributed by atoms with Crippen LogP contribution in [0.2, 0.25) is 0 Å². The lowest BCUT2D eigenvalue weighted by Gasteiger charge is -2.32. The Kier molecular flexibility index (Phi) is 5.65. The van der Waals surface area contributed by atoms with E-state index in [1.165, 1.54) is 54.6 Å². The Bertz CT molecular complexity index is 1100. The van der Waals surface area contributed by atoms with E-state index in [9.17, 15) is 4.79 Å². The molecule has 1 unspecified atom stereocenters. The highest BCUT2D eigenvalue weighted by atomic mass is 32.1. The molecule has 6 heteroatoms. The van der Waals surface area contributed by atoms with Gasteiger partial charge in [0, 0.05) is 13.1 Å². The van der Waals surface area contributed by atoms with Crippen LogP contribution in [0.5, 0.6) is 0 Å². The molecule has 0 aliphatic heterocycles. The Labute approximate surface area is 187 Å². The summed E-state index contributed by atoms with van der Waals surface area (Å²) in [6.07, 6.45) is 11.1. The lowest BCUT2D eigenvalue weighted by molar-refractivity contribution is 0.0936. The minimum absolute atomic E-state index is 0.00784. The van der Waals surface area contributed by atoms with E-state index in [4.69, 9.17) is 0 Å². The molecule has 162 valence electrons. The third kappa shape index (κ3) is 3.82. The van der Waals surface area contributed by atoms with Crippen molar-refractivity contribution in [2.24, 2.45) is 0 Å². The molecule has 31 heavy (non-hydrogen) atoms. The van der Waals surface area contributed by atoms with Crippen molar-refractivity contribution in [2.45, 2.75) is 70.4 Å². The summed E-state index contributed by atoms with van der Waals surface area (Å²) in [5, 5.41) is 4.35. The Morgan fingerprint density at radius 3 is 2.74 bits per heavy atom. The number of carbonyl (C=O) groups excluding carboxylic acids is 1. The van der Waals surface area contributed by atoms with E-state index in [1.807, 2.05) is 6.92 Å². The smallest absolute Gasteiger partial charge is 0.262 e. The molecule has 0 radical (unpaired) electrons. The SMILES string of the molecule is Cc1c(C(=O)NC2CCCc3ccccc32)sc2ncnc(N(C)C3CCCCC3)c12. The van der Waals surface area contributed by atoms with Gasteiger partial charge in [-0.15, -0.1) is 11.3 Å². The summed E-state index contributed by atoms with van der Waals surface area (Å²) in [6.45, 7) is 2.05. The van der Waals surface area contributed by atoms with Crippen LogP contribution < -0.4 is 10.2 Å². The second kappa shape index (κ2) is 8.58. The van der Waals surface area contributed by atoms with Crippen LogP contribution in [0.1, 0.15) is 77.3 Å². The lowest BCUT2D eigenvalue weighted by Crippen LogP contribution is -2.34. The second-order valence-corrected chi connectivity index (χ2v) is 9.95. The van der Waals surface area contributed by atoms with Gasteiger partial charge < -0.3 is 10.2 Å². The van der Waals surface area contributed by atoms with Crippen LogP contribution in [-0.2, 0) is 6.42 Å². The highest BCUT2D eigenvalue weighted by Crippen LogP contribution is 2.37. The molecular weight excluding hydrogens is 404 g/mol. The molecule has 2 aliphatic rings. The number of nitrogens with zero attached hydrogens (tertiary/aromatic N) is 3. The number of aromatic nitrogens is 2. The average molecular weight is 435 g/mol. The largest absolute Gasteiger partial charge is 0.356 e. The number of anilines is 1. The maximum Gasteiger partial charge on any atom is 0.262 e. The number of amides is 1. The third-order valence-corrected chi connectivity index (χ3v) is 8.24. The quantitative estimate of drug-likeness (QED) is 0.583. The lowest BCUT2D eigenvalue weighted by atomic mass is 9.87. The summed E-state index contributed by atoms with van der Waals surface area (Å²) in [5.41, 5.74) is 3.62. The first-order chi connectivity index (χ1) is 15.1. The Morgan fingerprint density at radius 1 is 1.10 bits per heavy atom. The molecule has 0 spiro atoms. The zero-order chi connectivity index (χ0) is 21.4. The maximum absolute atomic E-state index is 13.3. The summed E-state index contributed by atoms with van der Waals surface area (Å²) >= 11 is 1.49. The van der Waals surface area contributed by atoms with Crippen LogP contribution in [0.25, 0.3) is 10.2 Å². The highest BCUT2D eigenvalue weighted by Gasteiger charge is 2.27. The van der Waals surface area contributed by atoms with Crippen molar-refractivity contribution in [3.8, 4) is 0 Å². The van der Waals surface area contributed by atoms with E-state index in [-0.39, 0.29) is 11.9 Å². The van der Waals surface area contributed by atoms with Crippen molar-refractivity contribution in [2.75, 3.05) is 11.9 Å². The van der Waals surface area contributed by atoms with Crippen molar-refractivity contribution >= 4 is 33.3 Å². The number of aryl methyl sites for hydroxylation is 2. The zero-order valence-corrected chi connectivity index (χ0v) is 19.2. The monoisotopic (exact) mass is 434 g/mol. The van der Waals surface area contributed by atoms with Gasteiger partial charge in [0.05, 0.1) is 16.3 Å². The van der Waals surface area contributed by atoms with Crippen molar-refractivity contribution < 1.29 is 4.79 Å². The van der Waals surface area contributed by atoms with Crippen LogP contribution in [-0.4, -0.2) is 29.0 Å². The summed E-state index contributed by atoms with van der Waals surface area (Å²) < 4.78 is 0. The van der Waals surface area contributed by atoms with Crippen molar-refractivity contribution in [1.82, 2.24) is 15.3 Å². The maximum atomic E-state index is 13.3. The predicted molar refractivity (Wildman–Crippen MR) is 127 cm³/mol. The normalized spacial score (nSPS) is 19.2. The Morgan fingerprint density at radius 2 is 1.90 bits per heavy atom. The van der Waals surface area contributed by atoms with Crippen molar-refractivity contribution in [3.63, 3.8) is 0 Å². The van der Waals surface area contributed by atoms with Crippen molar-refractivity contribution in [3.05, 3.63) is 52.2 Å². The molecule has 3 aromatic rings. The summed E-state index contributed by atoms with van der Waals surface area (Å²) in [5.74, 6) is 0.973. The Balaban J connectivity index is 1.45. The molecule has 1 atom stereocenters. The van der Waals surface area contributed by atoms with Crippen LogP contribution in [0, 0.1) is 6.92 Å². The van der Waals surface area contributed by atoms with Gasteiger partial charge >= 0.3 is 0 Å². The molecule has 1 amide bonds. The first-order valence-electron chi connectivity index (χ1n) is 11.5. The Hall–Kier alpha value is -2.47. The first kappa shape index (κ1) is 20.4. The van der Waals surface area contributed by atoms with E-state index in [0.29, 0.717) is 6.04 Å². The van der Waals surface area contributed by atoms with Crippen LogP contribution in [0.3, 0.4) is 0 Å². The molecule has 1 saturated carbocycles. The number of fused-ring (bicyclic) bond motifs is 2. The number of nitrogens with one attached hydrogen (secondary N) is 1. The summed E-state index contributed by atoms with van der Waals surface area (Å²) in [4.78, 5) is 26.5. The molecule has 5 nitrogen and oxygen atoms in total. The highest BCUT2D eigenvalue weighted by molar-refractivity contribution is 7.20. The van der Waals surface area contributed by atoms with E-state index < -0.39 is 0 Å². The number of rotatable bonds is 4. The fraction of sp³-hybridized carbons (Fsp3) is 0.480. The molecule has 1 aromatic carbocycles. The standard InChI is InChI=1S/C25H30N4OS/c1-16-21-23(29(2)18-11-4-3-5-12-18)26-15-27-25(21)31-22(16)24(30)28-20-14-8-10-17-9-6-7-13-19(17)20/h6-7,9,13,15,18,20H,3-5,8,10-12,14H2,1-2H3,(H,28,30). The van der Waals surface area contributed by atoms with Gasteiger partial charge in [0.25, 0.3) is 5.91 Å². The van der Waals surface area contributed by atoms with Crippen molar-refractivity contribution in [1.29, 1.82) is 0 Å². The molecule has 2 heterocycles. The van der Waals surface area contributed by atoms with Gasteiger partial charge in [0.2, 0.25) is 0 Å². The minimum Gasteiger partial charge on any atom is -0.356 e. The fourth-order valence-corrected chi connectivity index (χ4v) is 6.35. The van der Waals surface area contributed by atoms with Gasteiger partial charge in [-0.25, -0.2) is 9.97 Å².